The van der Waals surface area contributed by atoms with Gasteiger partial charge in [-0.2, -0.15) is 4.98 Å². The summed E-state index contributed by atoms with van der Waals surface area (Å²) in [4.78, 5) is 16.2. The van der Waals surface area contributed by atoms with Crippen LogP contribution in [0.1, 0.15) is 12.6 Å². The van der Waals surface area contributed by atoms with E-state index in [4.69, 9.17) is 9.84 Å². The average Bonchev–Trinajstić information content (AvgIpc) is 2.93. The Bertz CT molecular complexity index is 797. The van der Waals surface area contributed by atoms with E-state index in [-0.39, 0.29) is 24.6 Å². The predicted molar refractivity (Wildman–Crippen MR) is 89.2 cm³/mol. The summed E-state index contributed by atoms with van der Waals surface area (Å²) in [6.07, 6.45) is -0.586. The van der Waals surface area contributed by atoms with Crippen LogP contribution in [0.3, 0.4) is 0 Å². The van der Waals surface area contributed by atoms with Crippen molar-refractivity contribution >= 4 is 27.4 Å². The highest BCUT2D eigenvalue weighted by atomic mass is 79.9. The van der Waals surface area contributed by atoms with Crippen LogP contribution in [0.4, 0.5) is 11.5 Å². The average molecular weight is 398 g/mol. The van der Waals surface area contributed by atoms with Crippen molar-refractivity contribution in [3.63, 3.8) is 0 Å². The van der Waals surface area contributed by atoms with Crippen LogP contribution in [0.2, 0.25) is 0 Å². The van der Waals surface area contributed by atoms with Gasteiger partial charge in [-0.25, -0.2) is 4.79 Å². The first-order chi connectivity index (χ1) is 11.5. The van der Waals surface area contributed by atoms with E-state index < -0.39 is 24.1 Å². The van der Waals surface area contributed by atoms with Gasteiger partial charge in [-0.3, -0.25) is 4.57 Å². The molecule has 0 bridgehead atoms. The molecule has 1 unspecified atom stereocenters. The van der Waals surface area contributed by atoms with E-state index in [2.05, 4.69) is 26.2 Å². The number of ether oxygens (including phenoxy) is 1. The lowest BCUT2D eigenvalue weighted by Gasteiger charge is -2.16. The Morgan fingerprint density at radius 2 is 2.17 bits per heavy atom. The van der Waals surface area contributed by atoms with E-state index in [1.54, 1.807) is 18.2 Å². The molecule has 4 N–H and O–H groups in total. The molecule has 3 atom stereocenters. The number of nitrogens with one attached hydrogen (secondary N) is 1. The Balaban J connectivity index is 1.87. The summed E-state index contributed by atoms with van der Waals surface area (Å²) in [5.74, 6) is 0.276. The number of phenols is 1. The normalized spacial score (nSPS) is 23.4. The van der Waals surface area contributed by atoms with E-state index in [1.807, 2.05) is 0 Å². The van der Waals surface area contributed by atoms with Crippen molar-refractivity contribution in [1.82, 2.24) is 9.55 Å². The lowest BCUT2D eigenvalue weighted by Crippen LogP contribution is -2.28. The summed E-state index contributed by atoms with van der Waals surface area (Å²) in [6.45, 7) is -0.325. The number of benzene rings is 1. The fourth-order valence-electron chi connectivity index (χ4n) is 2.50. The second-order valence-electron chi connectivity index (χ2n) is 5.38. The Kier molecular flexibility index (Phi) is 4.86. The minimum Gasteiger partial charge on any atom is -0.506 e. The maximum atomic E-state index is 12.3. The molecule has 3 rings (SSSR count). The number of hydrogen-bond acceptors (Lipinski definition) is 7. The third-order valence-corrected chi connectivity index (χ3v) is 4.34. The van der Waals surface area contributed by atoms with Gasteiger partial charge in [-0.05, 0) is 28.1 Å². The second kappa shape index (κ2) is 6.89. The molecule has 1 aliphatic rings. The van der Waals surface area contributed by atoms with E-state index in [9.17, 15) is 15.0 Å². The van der Waals surface area contributed by atoms with Crippen LogP contribution in [0.25, 0.3) is 0 Å². The fourth-order valence-corrected chi connectivity index (χ4v) is 2.90. The zero-order chi connectivity index (χ0) is 17.3. The second-order valence-corrected chi connectivity index (χ2v) is 6.24. The molecule has 0 spiro atoms. The van der Waals surface area contributed by atoms with Gasteiger partial charge < -0.3 is 25.4 Å². The van der Waals surface area contributed by atoms with Gasteiger partial charge >= 0.3 is 5.69 Å². The molecule has 128 valence electrons. The van der Waals surface area contributed by atoms with Gasteiger partial charge in [0.05, 0.1) is 22.9 Å². The van der Waals surface area contributed by atoms with Gasteiger partial charge in [-0.1, -0.05) is 12.1 Å². The minimum absolute atomic E-state index is 0.0309. The highest BCUT2D eigenvalue weighted by molar-refractivity contribution is 9.10. The summed E-state index contributed by atoms with van der Waals surface area (Å²) in [5.41, 5.74) is -0.164. The molecule has 24 heavy (non-hydrogen) atoms. The van der Waals surface area contributed by atoms with Crippen LogP contribution in [0, 0.1) is 0 Å². The van der Waals surface area contributed by atoms with Crippen LogP contribution < -0.4 is 11.0 Å². The number of hydrogen-bond donors (Lipinski definition) is 4. The number of phenolic OH excluding ortho intramolecular Hbond substituents is 1. The summed E-state index contributed by atoms with van der Waals surface area (Å²) >= 11 is 3.32. The third kappa shape index (κ3) is 3.29. The minimum atomic E-state index is -0.843. The van der Waals surface area contributed by atoms with Crippen molar-refractivity contribution in [3.8, 4) is 5.75 Å². The van der Waals surface area contributed by atoms with Crippen molar-refractivity contribution < 1.29 is 20.1 Å². The quantitative estimate of drug-likeness (QED) is 0.570. The first-order valence-electron chi connectivity index (χ1n) is 7.27. The lowest BCUT2D eigenvalue weighted by molar-refractivity contribution is -0.0459. The summed E-state index contributed by atoms with van der Waals surface area (Å²) in [6, 6.07) is 6.58. The van der Waals surface area contributed by atoms with Gasteiger partial charge in [0.2, 0.25) is 0 Å². The molecule has 1 aromatic heterocycles. The number of rotatable bonds is 4. The highest BCUT2D eigenvalue weighted by Gasteiger charge is 2.35. The van der Waals surface area contributed by atoms with Crippen molar-refractivity contribution in [2.75, 3.05) is 11.9 Å². The predicted octanol–water partition coefficient (Wildman–Crippen LogP) is 1.10. The van der Waals surface area contributed by atoms with E-state index in [1.165, 1.54) is 16.8 Å². The first kappa shape index (κ1) is 16.9. The number of para-hydroxylation sites is 2. The maximum absolute atomic E-state index is 12.3. The SMILES string of the molecule is O=c1nc(Nc2ccccc2O)c(Br)cn1[C@H]1CC(O)[C@@H](CO)O1. The van der Waals surface area contributed by atoms with Gasteiger partial charge in [0.1, 0.15) is 18.1 Å². The molecule has 0 saturated carbocycles. The molecule has 0 radical (unpaired) electrons. The number of aromatic hydroxyl groups is 1. The molecule has 2 aromatic rings. The Morgan fingerprint density at radius 1 is 1.42 bits per heavy atom. The molecule has 2 heterocycles. The Hall–Kier alpha value is -1.94. The fraction of sp³-hybridized carbons (Fsp3) is 0.333. The van der Waals surface area contributed by atoms with Crippen molar-refractivity contribution in [2.45, 2.75) is 24.9 Å². The molecular weight excluding hydrogens is 382 g/mol. The molecule has 1 saturated heterocycles. The lowest BCUT2D eigenvalue weighted by atomic mass is 10.2. The highest BCUT2D eigenvalue weighted by Crippen LogP contribution is 2.31. The summed E-state index contributed by atoms with van der Waals surface area (Å²) in [7, 11) is 0. The van der Waals surface area contributed by atoms with Crippen LogP contribution in [0.5, 0.6) is 5.75 Å². The number of aliphatic hydroxyl groups excluding tert-OH is 2. The molecule has 1 fully saturated rings. The zero-order valence-electron chi connectivity index (χ0n) is 12.5. The smallest absolute Gasteiger partial charge is 0.351 e. The summed E-state index contributed by atoms with van der Waals surface area (Å²) in [5, 5.41) is 31.6. The van der Waals surface area contributed by atoms with Gasteiger partial charge in [0.15, 0.2) is 5.82 Å². The molecule has 0 amide bonds. The molecule has 0 aliphatic carbocycles. The van der Waals surface area contributed by atoms with Gasteiger partial charge in [0, 0.05) is 12.6 Å². The van der Waals surface area contributed by atoms with Gasteiger partial charge in [0.25, 0.3) is 0 Å². The Labute approximate surface area is 145 Å². The molecule has 1 aliphatic heterocycles. The first-order valence-corrected chi connectivity index (χ1v) is 8.07. The molecule has 9 heteroatoms. The van der Waals surface area contributed by atoms with Crippen molar-refractivity contribution in [3.05, 3.63) is 45.4 Å². The van der Waals surface area contributed by atoms with E-state index in [0.29, 0.717) is 10.2 Å². The monoisotopic (exact) mass is 397 g/mol. The van der Waals surface area contributed by atoms with E-state index in [0.717, 1.165) is 0 Å². The number of anilines is 2. The maximum Gasteiger partial charge on any atom is 0.351 e. The topological polar surface area (TPSA) is 117 Å². The number of aromatic nitrogens is 2. The van der Waals surface area contributed by atoms with Crippen LogP contribution >= 0.6 is 15.9 Å². The number of nitrogens with zero attached hydrogens (tertiary/aromatic N) is 2. The van der Waals surface area contributed by atoms with Crippen LogP contribution in [-0.4, -0.2) is 43.7 Å². The third-order valence-electron chi connectivity index (χ3n) is 3.76. The van der Waals surface area contributed by atoms with Crippen molar-refractivity contribution in [1.29, 1.82) is 0 Å². The number of halogens is 1. The standard InChI is InChI=1S/C15H16BrN3O5/c16-8-6-19(13-5-11(22)12(7-20)24-13)15(23)18-14(8)17-9-3-1-2-4-10(9)21/h1-4,6,11-13,20-22H,5,7H2,(H,17,18,23)/t11?,12-,13-/m1/s1. The largest absolute Gasteiger partial charge is 0.506 e. The Morgan fingerprint density at radius 3 is 2.83 bits per heavy atom. The molecule has 8 nitrogen and oxygen atoms in total. The number of aliphatic hydroxyl groups is 2. The molecular formula is C15H16BrN3O5. The van der Waals surface area contributed by atoms with Crippen LogP contribution in [-0.2, 0) is 4.74 Å². The van der Waals surface area contributed by atoms with Crippen LogP contribution in [0.15, 0.2) is 39.7 Å². The van der Waals surface area contributed by atoms with Crippen molar-refractivity contribution in [2.24, 2.45) is 0 Å². The molecule has 1 aromatic carbocycles. The summed E-state index contributed by atoms with van der Waals surface area (Å²) < 4.78 is 7.20. The zero-order valence-corrected chi connectivity index (χ0v) is 14.0. The van der Waals surface area contributed by atoms with E-state index >= 15 is 0 Å². The van der Waals surface area contributed by atoms with Gasteiger partial charge in [-0.15, -0.1) is 0 Å².